The standard InChI is InChI=1S/C23H30N2O3/c1-17-5-6-19(14-18(17)2)16-25-11-9-23(10-12-25)8-7-20(28-23)15-24-22(26)21-4-3-13-27-21/h3-6,13-14,20H,7-12,15-16H2,1-2H3,(H,24,26). The van der Waals surface area contributed by atoms with Crippen LogP contribution >= 0.6 is 0 Å². The summed E-state index contributed by atoms with van der Waals surface area (Å²) in [7, 11) is 0. The Labute approximate surface area is 167 Å². The Morgan fingerprint density at radius 1 is 1.18 bits per heavy atom. The molecule has 2 aromatic rings. The van der Waals surface area contributed by atoms with Crippen LogP contribution in [0.1, 0.15) is 52.9 Å². The van der Waals surface area contributed by atoms with E-state index in [1.165, 1.54) is 23.0 Å². The van der Waals surface area contributed by atoms with E-state index < -0.39 is 0 Å². The topological polar surface area (TPSA) is 54.7 Å². The smallest absolute Gasteiger partial charge is 0.287 e. The lowest BCUT2D eigenvalue weighted by Gasteiger charge is -2.39. The van der Waals surface area contributed by atoms with Crippen molar-refractivity contribution in [3.8, 4) is 0 Å². The molecule has 0 radical (unpaired) electrons. The van der Waals surface area contributed by atoms with Crippen molar-refractivity contribution >= 4 is 5.91 Å². The van der Waals surface area contributed by atoms with Gasteiger partial charge in [0.15, 0.2) is 5.76 Å². The van der Waals surface area contributed by atoms with Gasteiger partial charge in [-0.05, 0) is 68.4 Å². The summed E-state index contributed by atoms with van der Waals surface area (Å²) in [5.74, 6) is 0.185. The lowest BCUT2D eigenvalue weighted by Crippen LogP contribution is -2.44. The summed E-state index contributed by atoms with van der Waals surface area (Å²) in [6, 6.07) is 10.2. The number of furan rings is 1. The molecular formula is C23H30N2O3. The number of carbonyl (C=O) groups is 1. The van der Waals surface area contributed by atoms with Gasteiger partial charge in [-0.15, -0.1) is 0 Å². The SMILES string of the molecule is Cc1ccc(CN2CCC3(CCC(CNC(=O)c4ccco4)O3)CC2)cc1C. The molecule has 2 aliphatic rings. The predicted octanol–water partition coefficient (Wildman–Crippen LogP) is 3.84. The second-order valence-electron chi connectivity index (χ2n) is 8.34. The van der Waals surface area contributed by atoms with Crippen LogP contribution in [0.3, 0.4) is 0 Å². The van der Waals surface area contributed by atoms with Crippen molar-refractivity contribution in [1.82, 2.24) is 10.2 Å². The molecule has 0 bridgehead atoms. The Hall–Kier alpha value is -2.11. The highest BCUT2D eigenvalue weighted by molar-refractivity contribution is 5.91. The number of likely N-dealkylation sites (tertiary alicyclic amines) is 1. The number of hydrogen-bond acceptors (Lipinski definition) is 4. The number of amides is 1. The monoisotopic (exact) mass is 382 g/mol. The van der Waals surface area contributed by atoms with E-state index in [1.807, 2.05) is 0 Å². The molecule has 4 rings (SSSR count). The highest BCUT2D eigenvalue weighted by Gasteiger charge is 2.42. The van der Waals surface area contributed by atoms with Crippen molar-refractivity contribution < 1.29 is 13.9 Å². The van der Waals surface area contributed by atoms with Crippen LogP contribution in [-0.2, 0) is 11.3 Å². The van der Waals surface area contributed by atoms with Crippen LogP contribution < -0.4 is 5.32 Å². The number of hydrogen-bond donors (Lipinski definition) is 1. The normalized spacial score (nSPS) is 21.9. The molecule has 2 saturated heterocycles. The third-order valence-corrected chi connectivity index (χ3v) is 6.32. The molecule has 1 N–H and O–H groups in total. The molecule has 0 aliphatic carbocycles. The molecule has 1 spiro atoms. The summed E-state index contributed by atoms with van der Waals surface area (Å²) in [5, 5.41) is 2.93. The summed E-state index contributed by atoms with van der Waals surface area (Å²) in [4.78, 5) is 14.6. The average Bonchev–Trinajstić information content (AvgIpc) is 3.36. The van der Waals surface area contributed by atoms with Crippen molar-refractivity contribution in [2.24, 2.45) is 0 Å². The number of aryl methyl sites for hydroxylation is 2. The Balaban J connectivity index is 1.24. The van der Waals surface area contributed by atoms with E-state index >= 15 is 0 Å². The second-order valence-corrected chi connectivity index (χ2v) is 8.34. The number of benzene rings is 1. The van der Waals surface area contributed by atoms with Crippen molar-refractivity contribution in [2.45, 2.75) is 57.8 Å². The number of rotatable bonds is 5. The highest BCUT2D eigenvalue weighted by atomic mass is 16.5. The number of carbonyl (C=O) groups excluding carboxylic acids is 1. The molecular weight excluding hydrogens is 352 g/mol. The third kappa shape index (κ3) is 4.31. The zero-order chi connectivity index (χ0) is 19.6. The van der Waals surface area contributed by atoms with Gasteiger partial charge in [0.25, 0.3) is 5.91 Å². The second kappa shape index (κ2) is 8.10. The highest BCUT2D eigenvalue weighted by Crippen LogP contribution is 2.39. The van der Waals surface area contributed by atoms with E-state index in [9.17, 15) is 4.79 Å². The minimum atomic E-state index is -0.169. The fraction of sp³-hybridized carbons (Fsp3) is 0.522. The molecule has 1 amide bonds. The van der Waals surface area contributed by atoms with Crippen molar-refractivity contribution in [3.63, 3.8) is 0 Å². The maximum absolute atomic E-state index is 12.0. The molecule has 5 heteroatoms. The minimum Gasteiger partial charge on any atom is -0.459 e. The fourth-order valence-electron chi connectivity index (χ4n) is 4.39. The largest absolute Gasteiger partial charge is 0.459 e. The van der Waals surface area contributed by atoms with Crippen molar-refractivity contribution in [3.05, 3.63) is 59.0 Å². The predicted molar refractivity (Wildman–Crippen MR) is 108 cm³/mol. The van der Waals surface area contributed by atoms with Gasteiger partial charge in [-0.2, -0.15) is 0 Å². The van der Waals surface area contributed by atoms with E-state index in [-0.39, 0.29) is 17.6 Å². The Kier molecular flexibility index (Phi) is 5.56. The average molecular weight is 383 g/mol. The van der Waals surface area contributed by atoms with Crippen LogP contribution in [0.2, 0.25) is 0 Å². The van der Waals surface area contributed by atoms with Gasteiger partial charge in [0.05, 0.1) is 18.0 Å². The maximum Gasteiger partial charge on any atom is 0.287 e. The number of nitrogens with one attached hydrogen (secondary N) is 1. The van der Waals surface area contributed by atoms with Crippen LogP contribution in [-0.4, -0.2) is 42.1 Å². The molecule has 5 nitrogen and oxygen atoms in total. The Morgan fingerprint density at radius 2 is 2.00 bits per heavy atom. The summed E-state index contributed by atoms with van der Waals surface area (Å²) in [6.45, 7) is 8.04. The first-order valence-corrected chi connectivity index (χ1v) is 10.3. The summed E-state index contributed by atoms with van der Waals surface area (Å²) < 4.78 is 11.6. The molecule has 1 atom stereocenters. The van der Waals surface area contributed by atoms with Gasteiger partial charge in [-0.3, -0.25) is 9.69 Å². The van der Waals surface area contributed by atoms with Crippen molar-refractivity contribution in [1.29, 1.82) is 0 Å². The lowest BCUT2D eigenvalue weighted by molar-refractivity contribution is -0.0764. The molecule has 3 heterocycles. The first-order chi connectivity index (χ1) is 13.5. The first-order valence-electron chi connectivity index (χ1n) is 10.3. The zero-order valence-electron chi connectivity index (χ0n) is 16.9. The lowest BCUT2D eigenvalue weighted by atomic mass is 9.88. The number of piperidine rings is 1. The van der Waals surface area contributed by atoms with E-state index in [2.05, 4.69) is 42.3 Å². The molecule has 2 aliphatic heterocycles. The molecule has 1 aromatic carbocycles. The molecule has 2 fully saturated rings. The van der Waals surface area contributed by atoms with E-state index in [0.29, 0.717) is 12.3 Å². The molecule has 28 heavy (non-hydrogen) atoms. The van der Waals surface area contributed by atoms with Crippen LogP contribution in [0.5, 0.6) is 0 Å². The quantitative estimate of drug-likeness (QED) is 0.854. The Morgan fingerprint density at radius 3 is 2.71 bits per heavy atom. The molecule has 0 saturated carbocycles. The summed E-state index contributed by atoms with van der Waals surface area (Å²) >= 11 is 0. The summed E-state index contributed by atoms with van der Waals surface area (Å²) in [5.41, 5.74) is 4.11. The van der Waals surface area contributed by atoms with Gasteiger partial charge in [-0.25, -0.2) is 0 Å². The van der Waals surface area contributed by atoms with Gasteiger partial charge >= 0.3 is 0 Å². The van der Waals surface area contributed by atoms with E-state index in [1.54, 1.807) is 12.1 Å². The van der Waals surface area contributed by atoms with Crippen LogP contribution in [0.15, 0.2) is 41.0 Å². The number of ether oxygens (including phenoxy) is 1. The third-order valence-electron chi connectivity index (χ3n) is 6.32. The van der Waals surface area contributed by atoms with Crippen LogP contribution in [0.4, 0.5) is 0 Å². The van der Waals surface area contributed by atoms with Gasteiger partial charge in [-0.1, -0.05) is 18.2 Å². The van der Waals surface area contributed by atoms with E-state index in [4.69, 9.17) is 9.15 Å². The van der Waals surface area contributed by atoms with Gasteiger partial charge in [0.1, 0.15) is 0 Å². The first kappa shape index (κ1) is 19.2. The van der Waals surface area contributed by atoms with Crippen molar-refractivity contribution in [2.75, 3.05) is 19.6 Å². The van der Waals surface area contributed by atoms with Crippen LogP contribution in [0.25, 0.3) is 0 Å². The van der Waals surface area contributed by atoms with Crippen LogP contribution in [0, 0.1) is 13.8 Å². The van der Waals surface area contributed by atoms with Gasteiger partial charge in [0, 0.05) is 26.2 Å². The molecule has 1 aromatic heterocycles. The Bertz CT molecular complexity index is 807. The van der Waals surface area contributed by atoms with Gasteiger partial charge in [0.2, 0.25) is 0 Å². The van der Waals surface area contributed by atoms with Gasteiger partial charge < -0.3 is 14.5 Å². The fourth-order valence-corrected chi connectivity index (χ4v) is 4.39. The molecule has 1 unspecified atom stereocenters. The van der Waals surface area contributed by atoms with E-state index in [0.717, 1.165) is 45.3 Å². The summed E-state index contributed by atoms with van der Waals surface area (Å²) in [6.07, 6.45) is 5.86. The molecule has 150 valence electrons. The zero-order valence-corrected chi connectivity index (χ0v) is 16.9. The minimum absolute atomic E-state index is 0.000229. The number of nitrogens with zero attached hydrogens (tertiary/aromatic N) is 1. The maximum atomic E-state index is 12.0.